The Hall–Kier alpha value is -3.07. The van der Waals surface area contributed by atoms with E-state index in [0.717, 1.165) is 22.6 Å². The summed E-state index contributed by atoms with van der Waals surface area (Å²) in [6.45, 7) is 3.87. The lowest BCUT2D eigenvalue weighted by molar-refractivity contribution is -0.120. The first-order chi connectivity index (χ1) is 12.1. The number of hydrogen-bond donors (Lipinski definition) is 2. The molecule has 0 aliphatic carbocycles. The van der Waals surface area contributed by atoms with Crippen LogP contribution >= 0.6 is 0 Å². The van der Waals surface area contributed by atoms with E-state index in [2.05, 4.69) is 10.6 Å². The van der Waals surface area contributed by atoms with E-state index in [1.54, 1.807) is 0 Å². The van der Waals surface area contributed by atoms with E-state index in [0.29, 0.717) is 0 Å². The molecule has 0 saturated heterocycles. The minimum Gasteiger partial charge on any atom is -0.356 e. The molecular formula is C22H22N2O. The number of nitrogens with one attached hydrogen (secondary N) is 2. The van der Waals surface area contributed by atoms with Gasteiger partial charge in [-0.2, -0.15) is 0 Å². The van der Waals surface area contributed by atoms with Crippen LogP contribution in [0.1, 0.15) is 19.4 Å². The molecule has 126 valence electrons. The molecule has 0 saturated carbocycles. The standard InChI is InChI=1S/C22H22N2O/c1-22(2,17-9-5-3-6-10-17)21(25)24-20-15-13-19(14-16-20)23-18-11-7-4-8-12-18/h3-16,23H,1-2H3,(H,24,25). The SMILES string of the molecule is CC(C)(C(=O)Nc1ccc(Nc2ccccc2)cc1)c1ccccc1. The lowest BCUT2D eigenvalue weighted by atomic mass is 9.83. The Morgan fingerprint density at radius 2 is 1.16 bits per heavy atom. The van der Waals surface area contributed by atoms with Crippen molar-refractivity contribution in [1.29, 1.82) is 0 Å². The van der Waals surface area contributed by atoms with Gasteiger partial charge in [-0.25, -0.2) is 0 Å². The van der Waals surface area contributed by atoms with E-state index in [9.17, 15) is 4.79 Å². The van der Waals surface area contributed by atoms with Crippen LogP contribution in [0.3, 0.4) is 0 Å². The predicted molar refractivity (Wildman–Crippen MR) is 104 cm³/mol. The maximum absolute atomic E-state index is 12.7. The summed E-state index contributed by atoms with van der Waals surface area (Å²) in [6, 6.07) is 27.5. The largest absolute Gasteiger partial charge is 0.356 e. The minimum atomic E-state index is -0.595. The van der Waals surface area contributed by atoms with Crippen LogP contribution in [-0.2, 0) is 10.2 Å². The Bertz CT molecular complexity index is 825. The molecule has 3 aromatic carbocycles. The number of rotatable bonds is 5. The quantitative estimate of drug-likeness (QED) is 0.662. The van der Waals surface area contributed by atoms with Crippen LogP contribution in [0.4, 0.5) is 17.1 Å². The van der Waals surface area contributed by atoms with Gasteiger partial charge < -0.3 is 10.6 Å². The second-order valence-corrected chi connectivity index (χ2v) is 6.51. The van der Waals surface area contributed by atoms with E-state index in [1.807, 2.05) is 98.8 Å². The molecule has 0 spiro atoms. The second kappa shape index (κ2) is 7.22. The van der Waals surface area contributed by atoms with Gasteiger partial charge in [-0.15, -0.1) is 0 Å². The minimum absolute atomic E-state index is 0.0255. The van der Waals surface area contributed by atoms with Crippen LogP contribution in [0.2, 0.25) is 0 Å². The first kappa shape index (κ1) is 16.8. The fraction of sp³-hybridized carbons (Fsp3) is 0.136. The number of carbonyl (C=O) groups is 1. The summed E-state index contributed by atoms with van der Waals surface area (Å²) in [5.41, 5.74) is 3.20. The van der Waals surface area contributed by atoms with Crippen molar-refractivity contribution in [2.75, 3.05) is 10.6 Å². The molecule has 0 aromatic heterocycles. The Morgan fingerprint density at radius 1 is 0.680 bits per heavy atom. The number of amides is 1. The third-order valence-corrected chi connectivity index (χ3v) is 4.27. The molecule has 3 nitrogen and oxygen atoms in total. The molecule has 0 radical (unpaired) electrons. The Balaban J connectivity index is 1.68. The summed E-state index contributed by atoms with van der Waals surface area (Å²) in [6.07, 6.45) is 0. The maximum atomic E-state index is 12.7. The molecule has 3 heteroatoms. The van der Waals surface area contributed by atoms with Crippen LogP contribution in [-0.4, -0.2) is 5.91 Å². The highest BCUT2D eigenvalue weighted by Gasteiger charge is 2.29. The zero-order valence-electron chi connectivity index (χ0n) is 14.5. The van der Waals surface area contributed by atoms with Gasteiger partial charge in [0.05, 0.1) is 5.41 Å². The molecule has 0 heterocycles. The Kier molecular flexibility index (Phi) is 4.85. The average Bonchev–Trinajstić information content (AvgIpc) is 2.65. The third-order valence-electron chi connectivity index (χ3n) is 4.27. The molecule has 0 aliphatic heterocycles. The van der Waals surface area contributed by atoms with Gasteiger partial charge in [-0.1, -0.05) is 48.5 Å². The van der Waals surface area contributed by atoms with Crippen LogP contribution in [0.5, 0.6) is 0 Å². The number of carbonyl (C=O) groups excluding carboxylic acids is 1. The highest BCUT2D eigenvalue weighted by molar-refractivity contribution is 5.98. The Morgan fingerprint density at radius 3 is 1.76 bits per heavy atom. The fourth-order valence-electron chi connectivity index (χ4n) is 2.60. The van der Waals surface area contributed by atoms with Gasteiger partial charge >= 0.3 is 0 Å². The maximum Gasteiger partial charge on any atom is 0.234 e. The summed E-state index contributed by atoms with van der Waals surface area (Å²) in [5, 5.41) is 6.33. The molecule has 0 aliphatic rings. The molecule has 1 amide bonds. The predicted octanol–water partition coefficient (Wildman–Crippen LogP) is 5.35. The van der Waals surface area contributed by atoms with E-state index in [1.165, 1.54) is 0 Å². The normalized spacial score (nSPS) is 11.0. The van der Waals surface area contributed by atoms with Crippen LogP contribution in [0.15, 0.2) is 84.9 Å². The van der Waals surface area contributed by atoms with Crippen molar-refractivity contribution in [3.05, 3.63) is 90.5 Å². The lowest BCUT2D eigenvalue weighted by Gasteiger charge is -2.24. The van der Waals surface area contributed by atoms with Crippen molar-refractivity contribution in [3.8, 4) is 0 Å². The van der Waals surface area contributed by atoms with E-state index >= 15 is 0 Å². The highest BCUT2D eigenvalue weighted by atomic mass is 16.2. The third kappa shape index (κ3) is 4.07. The monoisotopic (exact) mass is 330 g/mol. The summed E-state index contributed by atoms with van der Waals surface area (Å²) in [5.74, 6) is -0.0255. The van der Waals surface area contributed by atoms with Crippen molar-refractivity contribution < 1.29 is 4.79 Å². The van der Waals surface area contributed by atoms with E-state index in [4.69, 9.17) is 0 Å². The average molecular weight is 330 g/mol. The zero-order valence-corrected chi connectivity index (χ0v) is 14.5. The van der Waals surface area contributed by atoms with E-state index < -0.39 is 5.41 Å². The number of benzene rings is 3. The first-order valence-electron chi connectivity index (χ1n) is 8.35. The highest BCUT2D eigenvalue weighted by Crippen LogP contribution is 2.25. The molecule has 3 rings (SSSR count). The summed E-state index contributed by atoms with van der Waals surface area (Å²) < 4.78 is 0. The van der Waals surface area contributed by atoms with Crippen LogP contribution < -0.4 is 10.6 Å². The summed E-state index contributed by atoms with van der Waals surface area (Å²) in [7, 11) is 0. The molecule has 0 fully saturated rings. The van der Waals surface area contributed by atoms with Crippen LogP contribution in [0.25, 0.3) is 0 Å². The molecule has 3 aromatic rings. The molecule has 0 bridgehead atoms. The van der Waals surface area contributed by atoms with E-state index in [-0.39, 0.29) is 5.91 Å². The first-order valence-corrected chi connectivity index (χ1v) is 8.35. The topological polar surface area (TPSA) is 41.1 Å². The van der Waals surface area contributed by atoms with Crippen molar-refractivity contribution in [2.24, 2.45) is 0 Å². The van der Waals surface area contributed by atoms with Crippen LogP contribution in [0, 0.1) is 0 Å². The lowest BCUT2D eigenvalue weighted by Crippen LogP contribution is -2.34. The number of hydrogen-bond acceptors (Lipinski definition) is 2. The van der Waals surface area contributed by atoms with Crippen molar-refractivity contribution in [2.45, 2.75) is 19.3 Å². The molecule has 0 unspecified atom stereocenters. The van der Waals surface area contributed by atoms with Gasteiger partial charge in [-0.05, 0) is 55.8 Å². The van der Waals surface area contributed by atoms with Gasteiger partial charge in [0.2, 0.25) is 5.91 Å². The smallest absolute Gasteiger partial charge is 0.234 e. The van der Waals surface area contributed by atoms with Gasteiger partial charge in [-0.3, -0.25) is 4.79 Å². The molecule has 2 N–H and O–H groups in total. The van der Waals surface area contributed by atoms with Gasteiger partial charge in [0, 0.05) is 17.1 Å². The van der Waals surface area contributed by atoms with Crippen molar-refractivity contribution in [3.63, 3.8) is 0 Å². The van der Waals surface area contributed by atoms with Gasteiger partial charge in [0.25, 0.3) is 0 Å². The molecule has 25 heavy (non-hydrogen) atoms. The second-order valence-electron chi connectivity index (χ2n) is 6.51. The van der Waals surface area contributed by atoms with Gasteiger partial charge in [0.15, 0.2) is 0 Å². The number of anilines is 3. The fourth-order valence-corrected chi connectivity index (χ4v) is 2.60. The Labute approximate surface area is 148 Å². The van der Waals surface area contributed by atoms with Crippen molar-refractivity contribution in [1.82, 2.24) is 0 Å². The van der Waals surface area contributed by atoms with Gasteiger partial charge in [0.1, 0.15) is 0 Å². The molecular weight excluding hydrogens is 308 g/mol. The van der Waals surface area contributed by atoms with Crippen molar-refractivity contribution >= 4 is 23.0 Å². The zero-order chi connectivity index (χ0) is 17.7. The summed E-state index contributed by atoms with van der Waals surface area (Å²) >= 11 is 0. The number of para-hydroxylation sites is 1. The summed E-state index contributed by atoms with van der Waals surface area (Å²) in [4.78, 5) is 12.7. The molecule has 0 atom stereocenters.